The molecule has 0 N–H and O–H groups in total. The van der Waals surface area contributed by atoms with Crippen LogP contribution in [-0.2, 0) is 236 Å². The molecule has 0 bridgehead atoms. The first kappa shape index (κ1) is 73.9. The van der Waals surface area contributed by atoms with Gasteiger partial charge in [-0.1, -0.05) is 0 Å². The van der Waals surface area contributed by atoms with E-state index in [1.807, 2.05) is 0 Å². The molecule has 0 aromatic carbocycles. The second kappa shape index (κ2) is 33.0. The maximum Gasteiger partial charge on any atom is 0 e. The van der Waals surface area contributed by atoms with Gasteiger partial charge in [-0.15, -0.1) is 0 Å². The van der Waals surface area contributed by atoms with Gasteiger partial charge < -0.3 is 0 Å². The van der Waals surface area contributed by atoms with Crippen molar-refractivity contribution >= 4 is 0 Å². The third-order valence-corrected chi connectivity index (χ3v) is 0. The molecule has 0 amide bonds. The fraction of sp³-hybridized carbons (Fsp3) is 0. The summed E-state index contributed by atoms with van der Waals surface area (Å²) in [5, 5.41) is 0. The van der Waals surface area contributed by atoms with Crippen LogP contribution in [0, 0.1) is 0 Å². The zero-order valence-corrected chi connectivity index (χ0v) is 35.1. The first-order chi connectivity index (χ1) is 14.0. The molecule has 39 heavy (non-hydrogen) atoms. The van der Waals surface area contributed by atoms with Crippen LogP contribution in [0.2, 0.25) is 0 Å². The molecule has 39 heteroatoms. The van der Waals surface area contributed by atoms with Gasteiger partial charge >= 0.3 is 252 Å². The molecule has 0 rings (SSSR count). The van der Waals surface area contributed by atoms with E-state index in [1.165, 1.54) is 0 Å². The summed E-state index contributed by atoms with van der Waals surface area (Å²) in [5.74, 6) is 0. The Kier molecular flexibility index (Phi) is 62.6. The van der Waals surface area contributed by atoms with Gasteiger partial charge in [0.05, 0.1) is 0 Å². The summed E-state index contributed by atoms with van der Waals surface area (Å²) < 4.78 is 242. The van der Waals surface area contributed by atoms with Gasteiger partial charge in [-0.2, -0.15) is 0 Å². The van der Waals surface area contributed by atoms with Crippen molar-refractivity contribution < 1.29 is 289 Å². The second-order valence-electron chi connectivity index (χ2n) is 2.86. The molecule has 0 aliphatic carbocycles. The van der Waals surface area contributed by atoms with Gasteiger partial charge in [-0.25, -0.2) is 0 Å². The Hall–Kier alpha value is 3.67. The molecule has 4 radical (unpaired) electrons. The Morgan fingerprint density at radius 2 is 0.205 bits per heavy atom. The molecule has 0 aliphatic heterocycles. The molecule has 0 saturated heterocycles. The molecule has 0 fully saturated rings. The number of hydrogen-bond donors (Lipinski definition) is 0. The Morgan fingerprint density at radius 1 is 0.205 bits per heavy atom. The topological polar surface area (TPSA) is 562 Å². The van der Waals surface area contributed by atoms with Crippen molar-refractivity contribution in [3.05, 3.63) is 0 Å². The van der Waals surface area contributed by atoms with Crippen molar-refractivity contribution in [2.75, 3.05) is 0 Å². The van der Waals surface area contributed by atoms with Gasteiger partial charge in [0, 0.05) is 37.1 Å². The SMILES string of the molecule is [Mn+2].[Mn+2].[O]=[Mo](=[O])([O-])[O-].[O]=[Mo](=[O])([O-])[O-].[O]=[Mo](=[O])([O-])[O-].[O]=[Mo](=[O])([O-])[O-].[O]=[Mo](=[O])([O-])[O-].[O]=[Mo](=[O])([O-])[O-].[O]=[Mo](=[O])([O-])[O-].[V].[V]. The van der Waals surface area contributed by atoms with Crippen LogP contribution in [-0.4, -0.2) is 0 Å². The predicted molar refractivity (Wildman–Crippen MR) is 9.61 cm³/mol. The number of rotatable bonds is 0. The van der Waals surface area contributed by atoms with E-state index in [0.29, 0.717) is 0 Å². The van der Waals surface area contributed by atoms with Crippen LogP contribution >= 0.6 is 0 Å². The fourth-order valence-electron chi connectivity index (χ4n) is 0. The molecule has 28 nitrogen and oxygen atoms in total. The first-order valence-corrected chi connectivity index (χ1v) is 27.6. The minimum atomic E-state index is -6.02. The zero-order valence-electron chi connectivity index (χ0n) is 15.9. The van der Waals surface area contributed by atoms with E-state index in [2.05, 4.69) is 0 Å². The standard InChI is InChI=1S/2Mn.7Mo.28O.2V/q2*+2;;;;;;;;;;;;;;;;;;;;;;14*-1;;. The molecule has 0 saturated carbocycles. The van der Waals surface area contributed by atoms with E-state index in [-0.39, 0.29) is 71.2 Å². The molecule has 0 aromatic rings. The summed E-state index contributed by atoms with van der Waals surface area (Å²) in [5.41, 5.74) is 0. The Labute approximate surface area is 283 Å². The van der Waals surface area contributed by atoms with Crippen molar-refractivity contribution in [2.24, 2.45) is 0 Å². The van der Waals surface area contributed by atoms with Crippen LogP contribution in [0.4, 0.5) is 0 Å². The quantitative estimate of drug-likeness (QED) is 0.203. The normalized spacial score (nSPS) is 10.4. The number of hydrogen-bond acceptors (Lipinski definition) is 28. The van der Waals surface area contributed by atoms with Crippen molar-refractivity contribution in [3.8, 4) is 0 Å². The molecule has 0 heterocycles. The van der Waals surface area contributed by atoms with Gasteiger partial charge in [0.2, 0.25) is 0 Å². The van der Waals surface area contributed by atoms with Gasteiger partial charge in [0.25, 0.3) is 0 Å². The van der Waals surface area contributed by atoms with E-state index in [4.69, 9.17) is 100 Å². The van der Waals surface area contributed by atoms with Crippen molar-refractivity contribution in [3.63, 3.8) is 0 Å². The maximum atomic E-state index is 8.63. The summed E-state index contributed by atoms with van der Waals surface area (Å²) in [6.07, 6.45) is 0. The van der Waals surface area contributed by atoms with Gasteiger partial charge in [0.15, 0.2) is 0 Å². The summed E-state index contributed by atoms with van der Waals surface area (Å²) in [7, 11) is 0. The zero-order chi connectivity index (χ0) is 31.5. The van der Waals surface area contributed by atoms with E-state index in [1.54, 1.807) is 0 Å². The molecule has 244 valence electrons. The van der Waals surface area contributed by atoms with Crippen LogP contribution < -0.4 is 52.6 Å². The van der Waals surface area contributed by atoms with E-state index in [0.717, 1.165) is 0 Å². The molecule has 0 spiro atoms. The predicted octanol–water partition coefficient (Wildman–Crippen LogP) is -18.3. The summed E-state index contributed by atoms with van der Waals surface area (Å²) >= 11 is -42.1. The molecular formula is Mn2Mo7O28V2-10. The first-order valence-electron chi connectivity index (χ1n) is 4.67. The molecule has 0 unspecified atom stereocenters. The smallest absolute Gasteiger partial charge is 0 e. The summed E-state index contributed by atoms with van der Waals surface area (Å²) in [6, 6.07) is 0. The monoisotopic (exact) mass is 1340 g/mol. The average Bonchev–Trinajstić information content (AvgIpc) is 2.06. The van der Waals surface area contributed by atoms with Crippen LogP contribution in [0.25, 0.3) is 0 Å². The molecule has 0 aromatic heterocycles. The third-order valence-electron chi connectivity index (χ3n) is 0. The van der Waals surface area contributed by atoms with Crippen LogP contribution in [0.3, 0.4) is 0 Å². The summed E-state index contributed by atoms with van der Waals surface area (Å²) in [6.45, 7) is 0. The minimum Gasteiger partial charge on any atom is 0 e. The second-order valence-corrected chi connectivity index (χ2v) is 16.9. The fourth-order valence-corrected chi connectivity index (χ4v) is 0. The van der Waals surface area contributed by atoms with Gasteiger partial charge in [0.1, 0.15) is 0 Å². The Balaban J connectivity index is -0.0000000256. The van der Waals surface area contributed by atoms with Crippen molar-refractivity contribution in [1.29, 1.82) is 0 Å². The van der Waals surface area contributed by atoms with Crippen molar-refractivity contribution in [1.82, 2.24) is 0 Å². The van der Waals surface area contributed by atoms with Crippen LogP contribution in [0.15, 0.2) is 0 Å². The van der Waals surface area contributed by atoms with Gasteiger partial charge in [-0.05, 0) is 0 Å². The van der Waals surface area contributed by atoms with Crippen LogP contribution in [0.1, 0.15) is 0 Å². The molecule has 0 atom stereocenters. The van der Waals surface area contributed by atoms with Gasteiger partial charge in [-0.3, -0.25) is 0 Å². The third kappa shape index (κ3) is 4880. The molecular weight excluding hydrogens is 1330 g/mol. The Bertz CT molecular complexity index is 925. The maximum absolute atomic E-state index is 8.63. The van der Waals surface area contributed by atoms with E-state index >= 15 is 0 Å². The minimum absolute atomic E-state index is 0. The van der Waals surface area contributed by atoms with Crippen LogP contribution in [0.5, 0.6) is 0 Å². The summed E-state index contributed by atoms with van der Waals surface area (Å²) in [4.78, 5) is 0. The Morgan fingerprint density at radius 3 is 0.205 bits per heavy atom. The van der Waals surface area contributed by atoms with E-state index in [9.17, 15) is 0 Å². The average molecular weight is 1330 g/mol. The largest absolute Gasteiger partial charge is 0 e. The van der Waals surface area contributed by atoms with E-state index < -0.39 is 117 Å². The molecule has 0 aliphatic rings. The van der Waals surface area contributed by atoms with Crippen molar-refractivity contribution in [2.45, 2.75) is 0 Å².